The standard InChI is InChI=1S/2C8H9O.4C4H6F3.O.2Sn/c2*1-7(9)8-5-3-2-4-6-8;4*1-2-3(5)4(6)7;;;/h2*2-7H,1H3;4*3H,2H2,1H3;;;/q2*-1;;;;;;2*+1. The Balaban J connectivity index is 3.29. The Morgan fingerprint density at radius 1 is 0.469 bits per heavy atom. The molecule has 0 amide bonds. The zero-order valence-corrected chi connectivity index (χ0v) is 33.5. The van der Waals surface area contributed by atoms with Crippen molar-refractivity contribution >= 4 is 38.4 Å². The number of hydrogen-bond donors (Lipinski definition) is 0. The minimum atomic E-state index is -9.26. The summed E-state index contributed by atoms with van der Waals surface area (Å²) in [7, 11) is 0. The Morgan fingerprint density at radius 2 is 0.694 bits per heavy atom. The quantitative estimate of drug-likeness (QED) is 0.0978. The normalized spacial score (nSPS) is 19.6. The SMILES string of the molecule is CCC(F)[C](F)(F)[Sn]([O]C(C)c1ccccc1)([O][Sn]([O]C(C)c1ccccc1)([C](F)(F)C(F)CC)[C](F)(F)C(F)CC)[C](F)(F)C(F)CC. The molecule has 280 valence electrons. The molecular weight excluding hydrogens is 898 g/mol. The van der Waals surface area contributed by atoms with Crippen LogP contribution in [0.4, 0.5) is 52.7 Å². The van der Waals surface area contributed by atoms with E-state index in [9.17, 15) is 0 Å². The second kappa shape index (κ2) is 17.3. The van der Waals surface area contributed by atoms with Crippen LogP contribution in [0.1, 0.15) is 90.6 Å². The van der Waals surface area contributed by atoms with Crippen molar-refractivity contribution in [3.8, 4) is 0 Å². The Morgan fingerprint density at radius 3 is 0.898 bits per heavy atom. The first-order valence-corrected chi connectivity index (χ1v) is 26.2. The molecule has 0 aromatic heterocycles. The van der Waals surface area contributed by atoms with Gasteiger partial charge in [0.15, 0.2) is 0 Å². The van der Waals surface area contributed by atoms with E-state index < -0.39 is 117 Å². The minimum absolute atomic E-state index is 0.204. The Hall–Kier alpha value is -0.923. The molecule has 0 fully saturated rings. The molecule has 0 heterocycles. The summed E-state index contributed by atoms with van der Waals surface area (Å²) in [6, 6.07) is 12.6. The molecule has 0 aliphatic carbocycles. The average Bonchev–Trinajstić information content (AvgIpc) is 3.09. The molecule has 6 unspecified atom stereocenters. The van der Waals surface area contributed by atoms with E-state index in [1.165, 1.54) is 36.4 Å². The maximum atomic E-state index is 16.7. The molecule has 0 saturated carbocycles. The monoisotopic (exact) mass is 942 g/mol. The summed E-state index contributed by atoms with van der Waals surface area (Å²) < 4.78 is 188. The summed E-state index contributed by atoms with van der Waals surface area (Å²) in [5, 5.41) is 0. The summed E-state index contributed by atoms with van der Waals surface area (Å²) in [6.45, 7) is 4.69. The molecule has 0 saturated heterocycles. The van der Waals surface area contributed by atoms with Gasteiger partial charge in [0.2, 0.25) is 0 Å². The van der Waals surface area contributed by atoms with E-state index in [1.54, 1.807) is 0 Å². The Bertz CT molecular complexity index is 1150. The van der Waals surface area contributed by atoms with Gasteiger partial charge in [0.25, 0.3) is 0 Å². The fourth-order valence-electron chi connectivity index (χ4n) is 5.21. The molecule has 2 aromatic carbocycles. The molecule has 49 heavy (non-hydrogen) atoms. The number of alkyl halides is 12. The van der Waals surface area contributed by atoms with Crippen molar-refractivity contribution in [3.05, 3.63) is 71.8 Å². The second-order valence-electron chi connectivity index (χ2n) is 11.7. The van der Waals surface area contributed by atoms with Gasteiger partial charge in [0.05, 0.1) is 0 Å². The number of halogens is 12. The van der Waals surface area contributed by atoms with Gasteiger partial charge in [-0.05, 0) is 0 Å². The summed E-state index contributed by atoms with van der Waals surface area (Å²) in [5.74, 6) is 0. The van der Waals surface area contributed by atoms with Crippen LogP contribution in [0.25, 0.3) is 0 Å². The Kier molecular flexibility index (Phi) is 15.6. The van der Waals surface area contributed by atoms with E-state index in [0.29, 0.717) is 0 Å². The van der Waals surface area contributed by atoms with E-state index in [0.717, 1.165) is 65.8 Å². The molecule has 2 aromatic rings. The third-order valence-corrected chi connectivity index (χ3v) is 38.4. The molecule has 0 radical (unpaired) electrons. The van der Waals surface area contributed by atoms with E-state index in [1.807, 2.05) is 0 Å². The third kappa shape index (κ3) is 8.34. The first kappa shape index (κ1) is 44.2. The van der Waals surface area contributed by atoms with Crippen molar-refractivity contribution in [1.82, 2.24) is 0 Å². The van der Waals surface area contributed by atoms with E-state index >= 15 is 52.7 Å². The fourth-order valence-corrected chi connectivity index (χ4v) is 43.2. The molecule has 0 N–H and O–H groups in total. The van der Waals surface area contributed by atoms with Crippen LogP contribution >= 0.6 is 0 Å². The van der Waals surface area contributed by atoms with Crippen molar-refractivity contribution in [1.29, 1.82) is 0 Å². The van der Waals surface area contributed by atoms with Crippen LogP contribution in [-0.4, -0.2) is 78.9 Å². The van der Waals surface area contributed by atoms with Gasteiger partial charge < -0.3 is 0 Å². The molecule has 0 bridgehead atoms. The number of rotatable bonds is 20. The van der Waals surface area contributed by atoms with E-state index in [2.05, 4.69) is 0 Å². The molecule has 6 atom stereocenters. The summed E-state index contributed by atoms with van der Waals surface area (Å²) in [6.07, 6.45) is -24.3. The number of benzene rings is 2. The molecule has 0 aliphatic rings. The van der Waals surface area contributed by atoms with Crippen molar-refractivity contribution in [3.63, 3.8) is 0 Å². The molecule has 3 nitrogen and oxygen atoms in total. The molecule has 17 heteroatoms. The zero-order valence-electron chi connectivity index (χ0n) is 27.8. The van der Waals surface area contributed by atoms with Gasteiger partial charge in [-0.1, -0.05) is 0 Å². The van der Waals surface area contributed by atoms with Crippen LogP contribution in [0.15, 0.2) is 60.7 Å². The van der Waals surface area contributed by atoms with Gasteiger partial charge >= 0.3 is 290 Å². The van der Waals surface area contributed by atoms with Gasteiger partial charge in [-0.2, -0.15) is 0 Å². The summed E-state index contributed by atoms with van der Waals surface area (Å²) in [5.41, 5.74) is -0.409. The maximum absolute atomic E-state index is 16.7. The van der Waals surface area contributed by atoms with Crippen LogP contribution in [0.5, 0.6) is 0 Å². The first-order valence-electron chi connectivity index (χ1n) is 15.8. The predicted molar refractivity (Wildman–Crippen MR) is 165 cm³/mol. The third-order valence-electron chi connectivity index (χ3n) is 8.27. The van der Waals surface area contributed by atoms with Crippen LogP contribution in [0, 0.1) is 0 Å². The van der Waals surface area contributed by atoms with Gasteiger partial charge in [-0.15, -0.1) is 0 Å². The average molecular weight is 940 g/mol. The van der Waals surface area contributed by atoms with E-state index in [-0.39, 0.29) is 11.1 Å². The summed E-state index contributed by atoms with van der Waals surface area (Å²) >= 11 is -18.5. The topological polar surface area (TPSA) is 27.7 Å². The van der Waals surface area contributed by atoms with Gasteiger partial charge in [0.1, 0.15) is 0 Å². The van der Waals surface area contributed by atoms with Crippen LogP contribution in [-0.2, 0) is 7.56 Å². The van der Waals surface area contributed by atoms with Crippen molar-refractivity contribution in [2.24, 2.45) is 0 Å². The molecule has 2 rings (SSSR count). The zero-order chi connectivity index (χ0) is 37.6. The van der Waals surface area contributed by atoms with Gasteiger partial charge in [-0.3, -0.25) is 0 Å². The van der Waals surface area contributed by atoms with Crippen LogP contribution in [0.3, 0.4) is 0 Å². The first-order chi connectivity index (χ1) is 22.6. The molecular formula is C32H42F12O3Sn2. The molecule has 0 aliphatic heterocycles. The number of hydrogen-bond acceptors (Lipinski definition) is 3. The van der Waals surface area contributed by atoms with Crippen LogP contribution < -0.4 is 0 Å². The fraction of sp³-hybridized carbons (Fsp3) is 0.625. The predicted octanol–water partition coefficient (Wildman–Crippen LogP) is 11.1. The van der Waals surface area contributed by atoms with Crippen molar-refractivity contribution in [2.45, 2.75) is 120 Å². The molecule has 0 spiro atoms. The van der Waals surface area contributed by atoms with Crippen molar-refractivity contribution in [2.75, 3.05) is 0 Å². The Labute approximate surface area is 289 Å². The van der Waals surface area contributed by atoms with Gasteiger partial charge in [-0.25, -0.2) is 0 Å². The van der Waals surface area contributed by atoms with Gasteiger partial charge in [0, 0.05) is 0 Å². The van der Waals surface area contributed by atoms with Crippen LogP contribution in [0.2, 0.25) is 0 Å². The van der Waals surface area contributed by atoms with E-state index in [4.69, 9.17) is 7.56 Å². The van der Waals surface area contributed by atoms with Crippen molar-refractivity contribution < 1.29 is 60.2 Å². The second-order valence-corrected chi connectivity index (χ2v) is 32.2. The summed E-state index contributed by atoms with van der Waals surface area (Å²) in [4.78, 5) is 0.